The first-order valence-electron chi connectivity index (χ1n) is 7.11. The second kappa shape index (κ2) is 5.87. The highest BCUT2D eigenvalue weighted by molar-refractivity contribution is 6.00. The number of carbonyl (C=O) groups is 1. The monoisotopic (exact) mass is 282 g/mol. The minimum Gasteiger partial charge on any atom is -0.491 e. The number of aryl methyl sites for hydroxylation is 1. The number of amides is 1. The molecule has 1 amide bonds. The number of fused-ring (bicyclic) bond motifs is 1. The lowest BCUT2D eigenvalue weighted by Gasteiger charge is -2.11. The molecule has 0 spiro atoms. The summed E-state index contributed by atoms with van der Waals surface area (Å²) in [7, 11) is 0. The number of nitrogen functional groups attached to an aromatic ring is 1. The molecule has 0 saturated carbocycles. The second-order valence-corrected chi connectivity index (χ2v) is 5.21. The predicted molar refractivity (Wildman–Crippen MR) is 83.4 cm³/mol. The highest BCUT2D eigenvalue weighted by atomic mass is 16.5. The lowest BCUT2D eigenvalue weighted by Crippen LogP contribution is -2.04. The maximum atomic E-state index is 11.3. The van der Waals surface area contributed by atoms with Crippen LogP contribution in [0.1, 0.15) is 17.5 Å². The number of rotatable bonds is 5. The van der Waals surface area contributed by atoms with Crippen LogP contribution in [0.15, 0.2) is 42.5 Å². The molecule has 1 aliphatic rings. The lowest BCUT2D eigenvalue weighted by atomic mass is 10.1. The van der Waals surface area contributed by atoms with Crippen molar-refractivity contribution >= 4 is 17.3 Å². The molecule has 2 aromatic rings. The molecule has 1 heterocycles. The molecule has 4 nitrogen and oxygen atoms in total. The van der Waals surface area contributed by atoms with Crippen LogP contribution in [0.3, 0.4) is 0 Å². The normalized spacial score (nSPS) is 12.9. The average Bonchev–Trinajstić information content (AvgIpc) is 2.83. The van der Waals surface area contributed by atoms with E-state index < -0.39 is 0 Å². The molecule has 0 aromatic heterocycles. The number of carbonyl (C=O) groups excluding carboxylic acids is 1. The number of hydrogen-bond donors (Lipinski definition) is 2. The van der Waals surface area contributed by atoms with Crippen LogP contribution in [0, 0.1) is 0 Å². The summed E-state index contributed by atoms with van der Waals surface area (Å²) in [6.45, 7) is 0.603. The van der Waals surface area contributed by atoms with Gasteiger partial charge >= 0.3 is 0 Å². The number of ether oxygens (including phenoxy) is 1. The summed E-state index contributed by atoms with van der Waals surface area (Å²) in [4.78, 5) is 11.3. The van der Waals surface area contributed by atoms with Gasteiger partial charge in [0.2, 0.25) is 5.91 Å². The molecule has 0 saturated heterocycles. The molecule has 2 aromatic carbocycles. The molecule has 21 heavy (non-hydrogen) atoms. The molecule has 0 fully saturated rings. The Hall–Kier alpha value is -2.49. The van der Waals surface area contributed by atoms with Crippen LogP contribution in [0.25, 0.3) is 0 Å². The molecule has 1 aliphatic heterocycles. The topological polar surface area (TPSA) is 64.3 Å². The molecule has 108 valence electrons. The Morgan fingerprint density at radius 1 is 1.19 bits per heavy atom. The molecule has 0 atom stereocenters. The fourth-order valence-electron chi connectivity index (χ4n) is 2.50. The third kappa shape index (κ3) is 3.16. The Morgan fingerprint density at radius 2 is 2.00 bits per heavy atom. The summed E-state index contributed by atoms with van der Waals surface area (Å²) in [6.07, 6.45) is 2.29. The summed E-state index contributed by atoms with van der Waals surface area (Å²) < 4.78 is 5.74. The van der Waals surface area contributed by atoms with E-state index in [9.17, 15) is 4.79 Å². The van der Waals surface area contributed by atoms with Gasteiger partial charge in [-0.25, -0.2) is 0 Å². The van der Waals surface area contributed by atoms with Crippen LogP contribution in [-0.2, 0) is 17.6 Å². The Kier molecular flexibility index (Phi) is 3.77. The number of nitrogens with two attached hydrogens (primary N) is 1. The van der Waals surface area contributed by atoms with Gasteiger partial charge in [0.1, 0.15) is 5.75 Å². The van der Waals surface area contributed by atoms with Crippen molar-refractivity contribution in [1.82, 2.24) is 0 Å². The predicted octanol–water partition coefficient (Wildman–Crippen LogP) is 2.78. The standard InChI is InChI=1S/C17H18N2O2/c18-14-9-13-10-17(20)19-15(13)11-16(14)21-8-4-7-12-5-2-1-3-6-12/h1-3,5-6,9,11H,4,7-8,10,18H2,(H,19,20). The molecule has 0 radical (unpaired) electrons. The second-order valence-electron chi connectivity index (χ2n) is 5.21. The van der Waals surface area contributed by atoms with Gasteiger partial charge < -0.3 is 15.8 Å². The summed E-state index contributed by atoms with van der Waals surface area (Å²) in [5.41, 5.74) is 9.61. The fourth-order valence-corrected chi connectivity index (χ4v) is 2.50. The first kappa shape index (κ1) is 13.5. The smallest absolute Gasteiger partial charge is 0.228 e. The molecule has 0 aliphatic carbocycles. The first-order valence-corrected chi connectivity index (χ1v) is 7.11. The molecule has 4 heteroatoms. The zero-order valence-corrected chi connectivity index (χ0v) is 11.8. The summed E-state index contributed by atoms with van der Waals surface area (Å²) >= 11 is 0. The summed E-state index contributed by atoms with van der Waals surface area (Å²) in [5.74, 6) is 0.648. The minimum absolute atomic E-state index is 0.00521. The zero-order chi connectivity index (χ0) is 14.7. The van der Waals surface area contributed by atoms with E-state index in [0.29, 0.717) is 24.5 Å². The highest BCUT2D eigenvalue weighted by Crippen LogP contribution is 2.33. The van der Waals surface area contributed by atoms with E-state index in [1.807, 2.05) is 30.3 Å². The van der Waals surface area contributed by atoms with Crippen molar-refractivity contribution in [1.29, 1.82) is 0 Å². The van der Waals surface area contributed by atoms with Crippen molar-refractivity contribution in [3.05, 3.63) is 53.6 Å². The molecule has 0 unspecified atom stereocenters. The van der Waals surface area contributed by atoms with E-state index >= 15 is 0 Å². The zero-order valence-electron chi connectivity index (χ0n) is 11.8. The SMILES string of the molecule is Nc1cc2c(cc1OCCCc1ccccc1)NC(=O)C2. The molecule has 0 bridgehead atoms. The molecule has 3 N–H and O–H groups in total. The van der Waals surface area contributed by atoms with Crippen molar-refractivity contribution in [2.24, 2.45) is 0 Å². The van der Waals surface area contributed by atoms with Gasteiger partial charge in [0.25, 0.3) is 0 Å². The Morgan fingerprint density at radius 3 is 2.81 bits per heavy atom. The quantitative estimate of drug-likeness (QED) is 0.654. The first-order chi connectivity index (χ1) is 10.2. The van der Waals surface area contributed by atoms with Gasteiger partial charge in [-0.1, -0.05) is 30.3 Å². The van der Waals surface area contributed by atoms with Gasteiger partial charge in [-0.15, -0.1) is 0 Å². The van der Waals surface area contributed by atoms with E-state index in [0.717, 1.165) is 24.1 Å². The Labute approximate surface area is 123 Å². The van der Waals surface area contributed by atoms with Gasteiger partial charge in [0, 0.05) is 11.8 Å². The lowest BCUT2D eigenvalue weighted by molar-refractivity contribution is -0.115. The average molecular weight is 282 g/mol. The van der Waals surface area contributed by atoms with Crippen LogP contribution in [0.4, 0.5) is 11.4 Å². The number of nitrogens with one attached hydrogen (secondary N) is 1. The molecule has 3 rings (SSSR count). The van der Waals surface area contributed by atoms with Gasteiger partial charge in [-0.2, -0.15) is 0 Å². The van der Waals surface area contributed by atoms with Gasteiger partial charge in [0.05, 0.1) is 18.7 Å². The van der Waals surface area contributed by atoms with E-state index in [2.05, 4.69) is 17.4 Å². The van der Waals surface area contributed by atoms with Crippen LogP contribution in [-0.4, -0.2) is 12.5 Å². The summed E-state index contributed by atoms with van der Waals surface area (Å²) in [5, 5.41) is 2.81. The van der Waals surface area contributed by atoms with Gasteiger partial charge in [-0.05, 0) is 30.0 Å². The van der Waals surface area contributed by atoms with Crippen molar-refractivity contribution in [2.45, 2.75) is 19.3 Å². The van der Waals surface area contributed by atoms with Crippen molar-refractivity contribution in [3.8, 4) is 5.75 Å². The molecular weight excluding hydrogens is 264 g/mol. The largest absolute Gasteiger partial charge is 0.491 e. The maximum Gasteiger partial charge on any atom is 0.228 e. The maximum absolute atomic E-state index is 11.3. The van der Waals surface area contributed by atoms with E-state index in [1.54, 1.807) is 0 Å². The highest BCUT2D eigenvalue weighted by Gasteiger charge is 2.19. The third-order valence-electron chi connectivity index (χ3n) is 3.57. The van der Waals surface area contributed by atoms with E-state index in [4.69, 9.17) is 10.5 Å². The summed E-state index contributed by atoms with van der Waals surface area (Å²) in [6, 6.07) is 13.9. The number of hydrogen-bond acceptors (Lipinski definition) is 3. The minimum atomic E-state index is 0.00521. The van der Waals surface area contributed by atoms with Crippen molar-refractivity contribution in [3.63, 3.8) is 0 Å². The van der Waals surface area contributed by atoms with Gasteiger partial charge in [0.15, 0.2) is 0 Å². The van der Waals surface area contributed by atoms with Crippen molar-refractivity contribution in [2.75, 3.05) is 17.7 Å². The Bertz CT molecular complexity index is 653. The van der Waals surface area contributed by atoms with Crippen LogP contribution in [0.5, 0.6) is 5.75 Å². The van der Waals surface area contributed by atoms with Crippen LogP contribution < -0.4 is 15.8 Å². The van der Waals surface area contributed by atoms with Gasteiger partial charge in [-0.3, -0.25) is 4.79 Å². The number of anilines is 2. The van der Waals surface area contributed by atoms with E-state index in [1.165, 1.54) is 5.56 Å². The Balaban J connectivity index is 1.56. The van der Waals surface area contributed by atoms with Crippen LogP contribution in [0.2, 0.25) is 0 Å². The van der Waals surface area contributed by atoms with Crippen LogP contribution >= 0.6 is 0 Å². The fraction of sp³-hybridized carbons (Fsp3) is 0.235. The number of benzene rings is 2. The van der Waals surface area contributed by atoms with Crippen molar-refractivity contribution < 1.29 is 9.53 Å². The molecular formula is C17H18N2O2. The van der Waals surface area contributed by atoms with E-state index in [-0.39, 0.29) is 5.91 Å². The third-order valence-corrected chi connectivity index (χ3v) is 3.57.